The van der Waals surface area contributed by atoms with Gasteiger partial charge in [0.05, 0.1) is 5.25 Å². The molecule has 3 N–H and O–H groups in total. The van der Waals surface area contributed by atoms with Crippen LogP contribution in [0.3, 0.4) is 0 Å². The molecule has 8 heteroatoms. The van der Waals surface area contributed by atoms with Gasteiger partial charge >= 0.3 is 0 Å². The smallest absolute Gasteiger partial charge is 0.233 e. The van der Waals surface area contributed by atoms with Crippen LogP contribution in [0.15, 0.2) is 29.4 Å². The molecule has 0 radical (unpaired) electrons. The van der Waals surface area contributed by atoms with Crippen molar-refractivity contribution in [3.05, 3.63) is 30.1 Å². The fraction of sp³-hybridized carbons (Fsp3) is 0.471. The van der Waals surface area contributed by atoms with Crippen molar-refractivity contribution in [1.29, 1.82) is 0 Å². The van der Waals surface area contributed by atoms with Crippen molar-refractivity contribution >= 4 is 17.7 Å². The number of hydrogen-bond acceptors (Lipinski definition) is 5. The van der Waals surface area contributed by atoms with Crippen LogP contribution in [0.5, 0.6) is 0 Å². The highest BCUT2D eigenvalue weighted by Gasteiger charge is 2.23. The number of benzene rings is 1. The summed E-state index contributed by atoms with van der Waals surface area (Å²) in [7, 11) is 0. The van der Waals surface area contributed by atoms with Crippen molar-refractivity contribution in [3.63, 3.8) is 0 Å². The maximum absolute atomic E-state index is 13.4. The molecule has 1 aliphatic rings. The van der Waals surface area contributed by atoms with Crippen LogP contribution in [-0.2, 0) is 4.79 Å². The van der Waals surface area contributed by atoms with Crippen LogP contribution in [-0.4, -0.2) is 32.1 Å². The molecule has 1 atom stereocenters. The molecule has 1 fully saturated rings. The summed E-state index contributed by atoms with van der Waals surface area (Å²) in [6.07, 6.45) is 5.66. The summed E-state index contributed by atoms with van der Waals surface area (Å²) in [5, 5.41) is 11.2. The van der Waals surface area contributed by atoms with Gasteiger partial charge in [-0.25, -0.2) is 9.07 Å². The Bertz CT molecular complexity index is 744. The van der Waals surface area contributed by atoms with E-state index in [4.69, 9.17) is 5.84 Å². The molecule has 2 aromatic rings. The summed E-state index contributed by atoms with van der Waals surface area (Å²) in [5.41, 5.74) is 0.543. The number of nitrogens with zero attached hydrogens (tertiary/aromatic N) is 3. The Hall–Kier alpha value is -2.09. The van der Waals surface area contributed by atoms with Crippen LogP contribution in [0.1, 0.15) is 39.0 Å². The van der Waals surface area contributed by atoms with E-state index in [-0.39, 0.29) is 23.0 Å². The molecule has 1 aromatic heterocycles. The third-order valence-electron chi connectivity index (χ3n) is 4.35. The predicted molar refractivity (Wildman–Crippen MR) is 95.9 cm³/mol. The number of carbonyl (C=O) groups is 1. The van der Waals surface area contributed by atoms with Gasteiger partial charge in [-0.1, -0.05) is 43.2 Å². The maximum Gasteiger partial charge on any atom is 0.233 e. The van der Waals surface area contributed by atoms with Crippen molar-refractivity contribution in [2.45, 2.75) is 55.5 Å². The van der Waals surface area contributed by atoms with Crippen molar-refractivity contribution in [1.82, 2.24) is 20.2 Å². The van der Waals surface area contributed by atoms with E-state index in [0.29, 0.717) is 16.5 Å². The van der Waals surface area contributed by atoms with Gasteiger partial charge in [-0.15, -0.1) is 10.2 Å². The first-order chi connectivity index (χ1) is 12.0. The molecular weight excluding hydrogens is 341 g/mol. The van der Waals surface area contributed by atoms with Gasteiger partial charge in [0, 0.05) is 11.6 Å². The zero-order chi connectivity index (χ0) is 17.8. The van der Waals surface area contributed by atoms with Crippen LogP contribution in [0.4, 0.5) is 4.39 Å². The number of thioether (sulfide) groups is 1. The molecular formula is C17H22FN5OS. The fourth-order valence-electron chi connectivity index (χ4n) is 2.96. The van der Waals surface area contributed by atoms with E-state index in [1.807, 2.05) is 6.92 Å². The topological polar surface area (TPSA) is 85.8 Å². The van der Waals surface area contributed by atoms with E-state index < -0.39 is 0 Å². The minimum absolute atomic E-state index is 0.0211. The molecule has 25 heavy (non-hydrogen) atoms. The predicted octanol–water partition coefficient (Wildman–Crippen LogP) is 2.73. The molecule has 134 valence electrons. The summed E-state index contributed by atoms with van der Waals surface area (Å²) in [6.45, 7) is 1.82. The minimum Gasteiger partial charge on any atom is -0.352 e. The summed E-state index contributed by atoms with van der Waals surface area (Å²) < 4.78 is 14.7. The van der Waals surface area contributed by atoms with Gasteiger partial charge in [0.25, 0.3) is 0 Å². The summed E-state index contributed by atoms with van der Waals surface area (Å²) in [5.74, 6) is 6.01. The number of halogens is 1. The number of aromatic nitrogens is 3. The summed E-state index contributed by atoms with van der Waals surface area (Å²) in [6, 6.07) is 6.27. The number of nitrogen functional groups attached to an aromatic ring is 1. The van der Waals surface area contributed by atoms with Gasteiger partial charge in [-0.05, 0) is 31.9 Å². The van der Waals surface area contributed by atoms with Crippen LogP contribution in [0.2, 0.25) is 0 Å². The third-order valence-corrected chi connectivity index (χ3v) is 5.41. The van der Waals surface area contributed by atoms with Gasteiger partial charge < -0.3 is 11.2 Å². The zero-order valence-electron chi connectivity index (χ0n) is 14.1. The third kappa shape index (κ3) is 4.31. The molecule has 1 aliphatic carbocycles. The van der Waals surface area contributed by atoms with E-state index in [0.717, 1.165) is 12.8 Å². The highest BCUT2D eigenvalue weighted by molar-refractivity contribution is 8.00. The van der Waals surface area contributed by atoms with Gasteiger partial charge in [-0.2, -0.15) is 0 Å². The summed E-state index contributed by atoms with van der Waals surface area (Å²) in [4.78, 5) is 12.4. The molecule has 1 heterocycles. The highest BCUT2D eigenvalue weighted by Crippen LogP contribution is 2.25. The quantitative estimate of drug-likeness (QED) is 0.630. The van der Waals surface area contributed by atoms with Crippen LogP contribution in [0.25, 0.3) is 11.4 Å². The lowest BCUT2D eigenvalue weighted by atomic mass is 9.95. The molecule has 0 saturated heterocycles. The average Bonchev–Trinajstić information content (AvgIpc) is 2.96. The second-order valence-corrected chi connectivity index (χ2v) is 7.60. The molecule has 1 saturated carbocycles. The highest BCUT2D eigenvalue weighted by atomic mass is 32.2. The van der Waals surface area contributed by atoms with Crippen LogP contribution < -0.4 is 11.2 Å². The Morgan fingerprint density at radius 3 is 2.84 bits per heavy atom. The van der Waals surface area contributed by atoms with E-state index in [1.54, 1.807) is 12.1 Å². The number of rotatable bonds is 5. The molecule has 6 nitrogen and oxygen atoms in total. The number of carbonyl (C=O) groups excluding carboxylic acids is 1. The molecule has 0 aliphatic heterocycles. The number of nitrogens with one attached hydrogen (secondary N) is 1. The molecule has 1 amide bonds. The first-order valence-electron chi connectivity index (χ1n) is 8.48. The van der Waals surface area contributed by atoms with E-state index in [1.165, 1.54) is 47.8 Å². The standard InChI is InChI=1S/C17H22FN5OS/c1-11(16(24)20-14-8-3-2-4-9-14)25-17-22-21-15(23(17)19)12-6-5-7-13(18)10-12/h5-7,10-11,14H,2-4,8-9,19H2,1H3,(H,20,24)/t11-/m1/s1. The van der Waals surface area contributed by atoms with Gasteiger partial charge in [0.1, 0.15) is 5.82 Å². The fourth-order valence-corrected chi connectivity index (χ4v) is 3.74. The Labute approximate surface area is 150 Å². The average molecular weight is 363 g/mol. The lowest BCUT2D eigenvalue weighted by Crippen LogP contribution is -2.40. The number of hydrogen-bond donors (Lipinski definition) is 2. The Balaban J connectivity index is 1.65. The lowest BCUT2D eigenvalue weighted by Gasteiger charge is -2.24. The van der Waals surface area contributed by atoms with Gasteiger partial charge in [0.15, 0.2) is 5.82 Å². The largest absolute Gasteiger partial charge is 0.352 e. The van der Waals surface area contributed by atoms with Crippen LogP contribution >= 0.6 is 11.8 Å². The molecule has 0 unspecified atom stereocenters. The maximum atomic E-state index is 13.4. The number of nitrogens with two attached hydrogens (primary N) is 1. The summed E-state index contributed by atoms with van der Waals surface area (Å²) >= 11 is 1.25. The normalized spacial score (nSPS) is 16.6. The van der Waals surface area contributed by atoms with Crippen molar-refractivity contribution < 1.29 is 9.18 Å². The molecule has 0 spiro atoms. The van der Waals surface area contributed by atoms with E-state index >= 15 is 0 Å². The second-order valence-electron chi connectivity index (χ2n) is 6.29. The zero-order valence-corrected chi connectivity index (χ0v) is 14.9. The molecule has 3 rings (SSSR count). The number of amides is 1. The van der Waals surface area contributed by atoms with Crippen molar-refractivity contribution in [2.24, 2.45) is 0 Å². The SMILES string of the molecule is C[C@@H](Sc1nnc(-c2cccc(F)c2)n1N)C(=O)NC1CCCCC1. The van der Waals surface area contributed by atoms with Crippen LogP contribution in [0, 0.1) is 5.82 Å². The minimum atomic E-state index is -0.366. The van der Waals surface area contributed by atoms with Crippen molar-refractivity contribution in [3.8, 4) is 11.4 Å². The first kappa shape index (κ1) is 17.7. The Morgan fingerprint density at radius 1 is 1.36 bits per heavy atom. The van der Waals surface area contributed by atoms with E-state index in [9.17, 15) is 9.18 Å². The molecule has 1 aromatic carbocycles. The Morgan fingerprint density at radius 2 is 2.12 bits per heavy atom. The lowest BCUT2D eigenvalue weighted by molar-refractivity contribution is -0.121. The van der Waals surface area contributed by atoms with E-state index in [2.05, 4.69) is 15.5 Å². The second kappa shape index (κ2) is 7.86. The van der Waals surface area contributed by atoms with Crippen molar-refractivity contribution in [2.75, 3.05) is 5.84 Å². The van der Waals surface area contributed by atoms with Gasteiger partial charge in [0.2, 0.25) is 11.1 Å². The Kier molecular flexibility index (Phi) is 5.57. The van der Waals surface area contributed by atoms with Gasteiger partial charge in [-0.3, -0.25) is 4.79 Å². The molecule has 0 bridgehead atoms. The first-order valence-corrected chi connectivity index (χ1v) is 9.36. The monoisotopic (exact) mass is 363 g/mol.